The first-order valence-electron chi connectivity index (χ1n) is 11.7. The molecule has 3 aromatic carbocycles. The predicted molar refractivity (Wildman–Crippen MR) is 135 cm³/mol. The number of nitrogens with one attached hydrogen (secondary N) is 2. The van der Waals surface area contributed by atoms with Gasteiger partial charge in [0.25, 0.3) is 0 Å². The first kappa shape index (κ1) is 24.6. The lowest BCUT2D eigenvalue weighted by Crippen LogP contribution is -2.47. The van der Waals surface area contributed by atoms with Crippen molar-refractivity contribution in [2.24, 2.45) is 0 Å². The fourth-order valence-corrected chi connectivity index (χ4v) is 5.44. The van der Waals surface area contributed by atoms with Crippen LogP contribution in [0.2, 0.25) is 0 Å². The average molecular weight is 492 g/mol. The van der Waals surface area contributed by atoms with Crippen molar-refractivity contribution in [3.8, 4) is 0 Å². The molecular formula is C27H29N3O4S. The van der Waals surface area contributed by atoms with Gasteiger partial charge in [0, 0.05) is 25.2 Å². The highest BCUT2D eigenvalue weighted by atomic mass is 32.2. The summed E-state index contributed by atoms with van der Waals surface area (Å²) in [5.41, 5.74) is 3.32. The molecule has 1 atom stereocenters. The van der Waals surface area contributed by atoms with E-state index in [4.69, 9.17) is 0 Å². The van der Waals surface area contributed by atoms with Gasteiger partial charge in [0.2, 0.25) is 21.8 Å². The monoisotopic (exact) mass is 491 g/mol. The Morgan fingerprint density at radius 3 is 2.26 bits per heavy atom. The Morgan fingerprint density at radius 2 is 1.60 bits per heavy atom. The molecule has 1 aliphatic heterocycles. The second kappa shape index (κ2) is 10.8. The molecule has 0 fully saturated rings. The zero-order chi connectivity index (χ0) is 24.8. The number of fused-ring (bicyclic) bond motifs is 1. The summed E-state index contributed by atoms with van der Waals surface area (Å²) in [6, 6.07) is 22.5. The van der Waals surface area contributed by atoms with Gasteiger partial charge in [0.05, 0.1) is 4.90 Å². The molecule has 3 aromatic rings. The molecule has 0 spiro atoms. The topological polar surface area (TPSA) is 95.6 Å². The third-order valence-corrected chi connectivity index (χ3v) is 7.54. The van der Waals surface area contributed by atoms with E-state index < -0.39 is 22.0 Å². The molecule has 35 heavy (non-hydrogen) atoms. The summed E-state index contributed by atoms with van der Waals surface area (Å²) in [5, 5.41) is 2.85. The number of benzene rings is 3. The first-order chi connectivity index (χ1) is 16.9. The second-order valence-corrected chi connectivity index (χ2v) is 10.2. The summed E-state index contributed by atoms with van der Waals surface area (Å²) in [6.07, 6.45) is 1.19. The zero-order valence-corrected chi connectivity index (χ0v) is 20.4. The highest BCUT2D eigenvalue weighted by molar-refractivity contribution is 7.89. The molecule has 0 radical (unpaired) electrons. The number of amides is 2. The minimum atomic E-state index is -3.99. The van der Waals surface area contributed by atoms with Gasteiger partial charge in [0.1, 0.15) is 6.04 Å². The van der Waals surface area contributed by atoms with Gasteiger partial charge in [-0.25, -0.2) is 8.42 Å². The van der Waals surface area contributed by atoms with Crippen molar-refractivity contribution in [2.75, 3.05) is 11.4 Å². The number of rotatable bonds is 9. The maximum atomic E-state index is 13.3. The fraction of sp³-hybridized carbons (Fsp3) is 0.259. The summed E-state index contributed by atoms with van der Waals surface area (Å²) < 4.78 is 29.2. The number of carbonyl (C=O) groups excluding carboxylic acids is 2. The molecule has 2 N–H and O–H groups in total. The Hall–Kier alpha value is -3.49. The molecule has 182 valence electrons. The lowest BCUT2D eigenvalue weighted by Gasteiger charge is -2.20. The van der Waals surface area contributed by atoms with Crippen LogP contribution in [-0.2, 0) is 39.0 Å². The van der Waals surface area contributed by atoms with Gasteiger partial charge in [-0.2, -0.15) is 4.72 Å². The Bertz CT molecular complexity index is 1290. The molecule has 0 aromatic heterocycles. The van der Waals surface area contributed by atoms with Gasteiger partial charge in [-0.05, 0) is 47.7 Å². The molecule has 1 heterocycles. The van der Waals surface area contributed by atoms with Crippen LogP contribution in [0.25, 0.3) is 0 Å². The zero-order valence-electron chi connectivity index (χ0n) is 19.6. The molecule has 0 unspecified atom stereocenters. The van der Waals surface area contributed by atoms with Gasteiger partial charge >= 0.3 is 0 Å². The van der Waals surface area contributed by atoms with Crippen LogP contribution >= 0.6 is 0 Å². The summed E-state index contributed by atoms with van der Waals surface area (Å²) in [5.74, 6) is -0.391. The van der Waals surface area contributed by atoms with Gasteiger partial charge in [-0.3, -0.25) is 9.59 Å². The van der Waals surface area contributed by atoms with E-state index in [2.05, 4.69) is 10.0 Å². The Labute approximate surface area is 206 Å². The lowest BCUT2D eigenvalue weighted by molar-refractivity contribution is -0.123. The summed E-state index contributed by atoms with van der Waals surface area (Å²) in [6.45, 7) is 2.64. The lowest BCUT2D eigenvalue weighted by atomic mass is 10.1. The minimum Gasteiger partial charge on any atom is -0.351 e. The summed E-state index contributed by atoms with van der Waals surface area (Å²) >= 11 is 0. The molecule has 4 rings (SSSR count). The van der Waals surface area contributed by atoms with Crippen LogP contribution in [0.1, 0.15) is 30.0 Å². The van der Waals surface area contributed by atoms with Crippen molar-refractivity contribution in [2.45, 2.75) is 43.7 Å². The van der Waals surface area contributed by atoms with E-state index in [-0.39, 0.29) is 17.2 Å². The summed E-state index contributed by atoms with van der Waals surface area (Å²) in [4.78, 5) is 27.0. The maximum absolute atomic E-state index is 13.3. The minimum absolute atomic E-state index is 0.00972. The van der Waals surface area contributed by atoms with E-state index in [0.717, 1.165) is 22.4 Å². The third-order valence-electron chi connectivity index (χ3n) is 6.07. The summed E-state index contributed by atoms with van der Waals surface area (Å²) in [7, 11) is -3.99. The normalized spacial score (nSPS) is 13.8. The van der Waals surface area contributed by atoms with E-state index in [9.17, 15) is 18.0 Å². The quantitative estimate of drug-likeness (QED) is 0.481. The van der Waals surface area contributed by atoms with E-state index in [1.807, 2.05) is 60.7 Å². The van der Waals surface area contributed by atoms with Gasteiger partial charge in [0.15, 0.2) is 0 Å². The fourth-order valence-electron chi connectivity index (χ4n) is 4.20. The number of carbonyl (C=O) groups is 2. The molecule has 8 heteroatoms. The smallest absolute Gasteiger partial charge is 0.241 e. The van der Waals surface area contributed by atoms with Crippen LogP contribution in [0, 0.1) is 0 Å². The van der Waals surface area contributed by atoms with Crippen LogP contribution in [0.3, 0.4) is 0 Å². The van der Waals surface area contributed by atoms with Crippen molar-refractivity contribution in [1.82, 2.24) is 10.0 Å². The number of nitrogens with zero attached hydrogens (tertiary/aromatic N) is 1. The molecule has 7 nitrogen and oxygen atoms in total. The maximum Gasteiger partial charge on any atom is 0.241 e. The van der Waals surface area contributed by atoms with E-state index in [1.54, 1.807) is 24.0 Å². The van der Waals surface area contributed by atoms with Crippen molar-refractivity contribution in [3.63, 3.8) is 0 Å². The van der Waals surface area contributed by atoms with Crippen LogP contribution in [0.4, 0.5) is 5.69 Å². The number of hydrogen-bond acceptors (Lipinski definition) is 4. The highest BCUT2D eigenvalue weighted by Crippen LogP contribution is 2.30. The van der Waals surface area contributed by atoms with E-state index >= 15 is 0 Å². The predicted octanol–water partition coefficient (Wildman–Crippen LogP) is 3.19. The Balaban J connectivity index is 1.54. The molecule has 0 aliphatic carbocycles. The van der Waals surface area contributed by atoms with Crippen LogP contribution in [-0.4, -0.2) is 32.8 Å². The van der Waals surface area contributed by atoms with Crippen LogP contribution in [0.5, 0.6) is 0 Å². The average Bonchev–Trinajstić information content (AvgIpc) is 3.31. The van der Waals surface area contributed by atoms with E-state index in [0.29, 0.717) is 25.9 Å². The molecular weight excluding hydrogens is 462 g/mol. The van der Waals surface area contributed by atoms with E-state index in [1.165, 1.54) is 6.07 Å². The largest absolute Gasteiger partial charge is 0.351 e. The number of hydrogen-bond donors (Lipinski definition) is 2. The molecule has 2 amide bonds. The van der Waals surface area contributed by atoms with Gasteiger partial charge in [-0.15, -0.1) is 0 Å². The molecule has 0 saturated carbocycles. The van der Waals surface area contributed by atoms with Crippen LogP contribution in [0.15, 0.2) is 83.8 Å². The number of sulfonamides is 1. The third kappa shape index (κ3) is 5.96. The van der Waals surface area contributed by atoms with Crippen molar-refractivity contribution in [1.29, 1.82) is 0 Å². The van der Waals surface area contributed by atoms with Crippen molar-refractivity contribution >= 4 is 27.5 Å². The first-order valence-corrected chi connectivity index (χ1v) is 13.2. The van der Waals surface area contributed by atoms with Crippen molar-refractivity contribution in [3.05, 3.63) is 95.6 Å². The number of anilines is 1. The Morgan fingerprint density at radius 1 is 0.943 bits per heavy atom. The second-order valence-electron chi connectivity index (χ2n) is 8.51. The van der Waals surface area contributed by atoms with Crippen LogP contribution < -0.4 is 14.9 Å². The molecule has 0 bridgehead atoms. The van der Waals surface area contributed by atoms with Gasteiger partial charge < -0.3 is 10.2 Å². The Kier molecular flexibility index (Phi) is 7.63. The SMILES string of the molecule is CCC(=O)N1CCc2cc(S(=O)(=O)N[C@@H](Cc3ccccc3)C(=O)NCc3ccccc3)ccc21. The standard InChI is InChI=1S/C27H29N3O4S/c1-2-26(31)30-16-15-22-18-23(13-14-25(22)30)35(33,34)29-24(17-20-9-5-3-6-10-20)27(32)28-19-21-11-7-4-8-12-21/h3-14,18,24,29H,2,15-17,19H2,1H3,(H,28,32)/t24-/m0/s1. The molecule has 1 aliphatic rings. The van der Waals surface area contributed by atoms with Gasteiger partial charge in [-0.1, -0.05) is 67.6 Å². The van der Waals surface area contributed by atoms with Crippen molar-refractivity contribution < 1.29 is 18.0 Å². The molecule has 0 saturated heterocycles. The highest BCUT2D eigenvalue weighted by Gasteiger charge is 2.29.